The van der Waals surface area contributed by atoms with Gasteiger partial charge in [-0.05, 0) is 37.1 Å². The zero-order chi connectivity index (χ0) is 16.5. The van der Waals surface area contributed by atoms with Crippen LogP contribution in [0.25, 0.3) is 10.9 Å². The lowest BCUT2D eigenvalue weighted by Crippen LogP contribution is -2.11. The first-order chi connectivity index (χ1) is 11.8. The molecule has 0 spiro atoms. The van der Waals surface area contributed by atoms with Crippen molar-refractivity contribution in [3.63, 3.8) is 0 Å². The van der Waals surface area contributed by atoms with Gasteiger partial charge in [-0.15, -0.1) is 0 Å². The van der Waals surface area contributed by atoms with Gasteiger partial charge in [-0.25, -0.2) is 4.79 Å². The summed E-state index contributed by atoms with van der Waals surface area (Å²) in [5.41, 5.74) is 2.35. The number of hydrogen-bond acceptors (Lipinski definition) is 4. The predicted octanol–water partition coefficient (Wildman–Crippen LogP) is 4.34. The molecule has 0 N–H and O–H groups in total. The Labute approximate surface area is 140 Å². The van der Waals surface area contributed by atoms with Crippen molar-refractivity contribution in [3.05, 3.63) is 65.9 Å². The van der Waals surface area contributed by atoms with Gasteiger partial charge < -0.3 is 9.47 Å². The smallest absolute Gasteiger partial charge is 0.344 e. The van der Waals surface area contributed by atoms with E-state index in [9.17, 15) is 4.79 Å². The number of hydrogen-bond donors (Lipinski definition) is 0. The number of benzene rings is 2. The maximum absolute atomic E-state index is 12.8. The van der Waals surface area contributed by atoms with Crippen LogP contribution in [0.5, 0.6) is 11.5 Å². The molecule has 24 heavy (non-hydrogen) atoms. The first kappa shape index (κ1) is 14.7. The normalized spacial score (nSPS) is 13.7. The van der Waals surface area contributed by atoms with Crippen molar-refractivity contribution in [2.24, 2.45) is 0 Å². The number of fused-ring (bicyclic) bond motifs is 1. The average Bonchev–Trinajstić information content (AvgIpc) is 3.46. The molecular weight excluding hydrogens is 302 g/mol. The molecule has 0 aliphatic heterocycles. The molecule has 120 valence electrons. The van der Waals surface area contributed by atoms with Gasteiger partial charge in [0.2, 0.25) is 0 Å². The average molecular weight is 319 g/mol. The highest BCUT2D eigenvalue weighted by molar-refractivity contribution is 6.04. The van der Waals surface area contributed by atoms with Crippen molar-refractivity contribution in [1.82, 2.24) is 4.98 Å². The van der Waals surface area contributed by atoms with E-state index in [1.807, 2.05) is 42.5 Å². The van der Waals surface area contributed by atoms with Crippen LogP contribution in [0.15, 0.2) is 54.6 Å². The number of methoxy groups -OCH3 is 1. The largest absolute Gasteiger partial charge is 0.493 e. The highest BCUT2D eigenvalue weighted by Gasteiger charge is 2.27. The zero-order valence-corrected chi connectivity index (χ0v) is 13.4. The molecule has 1 aliphatic rings. The predicted molar refractivity (Wildman–Crippen MR) is 91.7 cm³/mol. The van der Waals surface area contributed by atoms with E-state index >= 15 is 0 Å². The van der Waals surface area contributed by atoms with Crippen molar-refractivity contribution >= 4 is 16.9 Å². The van der Waals surface area contributed by atoms with Gasteiger partial charge in [-0.3, -0.25) is 4.98 Å². The second-order valence-electron chi connectivity index (χ2n) is 5.93. The van der Waals surface area contributed by atoms with Crippen LogP contribution >= 0.6 is 0 Å². The lowest BCUT2D eigenvalue weighted by Gasteiger charge is -2.11. The van der Waals surface area contributed by atoms with Crippen molar-refractivity contribution in [2.45, 2.75) is 18.8 Å². The maximum Gasteiger partial charge on any atom is 0.344 e. The molecule has 0 bridgehead atoms. The van der Waals surface area contributed by atoms with Gasteiger partial charge in [0.1, 0.15) is 0 Å². The van der Waals surface area contributed by atoms with Crippen molar-refractivity contribution in [3.8, 4) is 11.5 Å². The first-order valence-corrected chi connectivity index (χ1v) is 8.01. The third-order valence-electron chi connectivity index (χ3n) is 4.22. The van der Waals surface area contributed by atoms with E-state index in [2.05, 4.69) is 4.98 Å². The number of esters is 1. The number of ether oxygens (including phenoxy) is 2. The molecule has 0 amide bonds. The van der Waals surface area contributed by atoms with E-state index in [-0.39, 0.29) is 5.97 Å². The summed E-state index contributed by atoms with van der Waals surface area (Å²) in [5.74, 6) is 1.03. The third kappa shape index (κ3) is 2.71. The van der Waals surface area contributed by atoms with Crippen molar-refractivity contribution in [1.29, 1.82) is 0 Å². The Morgan fingerprint density at radius 1 is 1.04 bits per heavy atom. The number of aromatic nitrogens is 1. The molecule has 4 nitrogen and oxygen atoms in total. The summed E-state index contributed by atoms with van der Waals surface area (Å²) < 4.78 is 10.8. The number of nitrogens with zero attached hydrogens (tertiary/aromatic N) is 1. The van der Waals surface area contributed by atoms with Crippen LogP contribution in [-0.2, 0) is 0 Å². The standard InChI is InChI=1S/C20H17NO3/c1-23-18-8-4-5-9-19(18)24-20(22)15-12-17(13-10-11-13)21-16-7-3-2-6-14(15)16/h2-9,12-13H,10-11H2,1H3. The maximum atomic E-state index is 12.8. The molecule has 4 rings (SSSR count). The summed E-state index contributed by atoms with van der Waals surface area (Å²) in [6.07, 6.45) is 2.26. The second kappa shape index (κ2) is 5.96. The fraction of sp³-hybridized carbons (Fsp3) is 0.200. The second-order valence-corrected chi connectivity index (χ2v) is 5.93. The molecule has 4 heteroatoms. The summed E-state index contributed by atoms with van der Waals surface area (Å²) in [6.45, 7) is 0. The molecule has 0 radical (unpaired) electrons. The Morgan fingerprint density at radius 2 is 1.75 bits per heavy atom. The van der Waals surface area contributed by atoms with E-state index in [1.54, 1.807) is 19.2 Å². The Kier molecular flexibility index (Phi) is 3.65. The summed E-state index contributed by atoms with van der Waals surface area (Å²) in [6, 6.07) is 16.7. The van der Waals surface area contributed by atoms with Gasteiger partial charge in [0.05, 0.1) is 18.2 Å². The lowest BCUT2D eigenvalue weighted by molar-refractivity contribution is 0.0731. The molecular formula is C20H17NO3. The van der Waals surface area contributed by atoms with Crippen LogP contribution in [-0.4, -0.2) is 18.1 Å². The Hall–Kier alpha value is -2.88. The monoisotopic (exact) mass is 319 g/mol. The van der Waals surface area contributed by atoms with Crippen LogP contribution in [0.1, 0.15) is 34.8 Å². The molecule has 1 saturated carbocycles. The third-order valence-corrected chi connectivity index (χ3v) is 4.22. The Balaban J connectivity index is 1.76. The fourth-order valence-corrected chi connectivity index (χ4v) is 2.81. The minimum absolute atomic E-state index is 0.389. The van der Waals surface area contributed by atoms with Crippen LogP contribution < -0.4 is 9.47 Å². The number of carbonyl (C=O) groups is 1. The molecule has 0 unspecified atom stereocenters. The van der Waals surface area contributed by atoms with Gasteiger partial charge in [-0.2, -0.15) is 0 Å². The van der Waals surface area contributed by atoms with Crippen LogP contribution in [0.4, 0.5) is 0 Å². The molecule has 1 aromatic heterocycles. The first-order valence-electron chi connectivity index (χ1n) is 8.01. The number of para-hydroxylation sites is 3. The molecule has 0 atom stereocenters. The SMILES string of the molecule is COc1ccccc1OC(=O)c1cc(C2CC2)nc2ccccc12. The number of rotatable bonds is 4. The fourth-order valence-electron chi connectivity index (χ4n) is 2.81. The van der Waals surface area contributed by atoms with Gasteiger partial charge in [0.15, 0.2) is 11.5 Å². The highest BCUT2D eigenvalue weighted by atomic mass is 16.6. The molecule has 1 fully saturated rings. The minimum Gasteiger partial charge on any atom is -0.493 e. The van der Waals surface area contributed by atoms with Crippen molar-refractivity contribution in [2.75, 3.05) is 7.11 Å². The zero-order valence-electron chi connectivity index (χ0n) is 13.4. The summed E-state index contributed by atoms with van der Waals surface area (Å²) in [4.78, 5) is 17.5. The lowest BCUT2D eigenvalue weighted by atomic mass is 10.1. The molecule has 3 aromatic rings. The summed E-state index contributed by atoms with van der Waals surface area (Å²) >= 11 is 0. The van der Waals surface area contributed by atoms with Crippen LogP contribution in [0.2, 0.25) is 0 Å². The van der Waals surface area contributed by atoms with Gasteiger partial charge in [-0.1, -0.05) is 30.3 Å². The van der Waals surface area contributed by atoms with E-state index in [0.29, 0.717) is 23.0 Å². The Bertz CT molecular complexity index is 916. The van der Waals surface area contributed by atoms with Crippen LogP contribution in [0, 0.1) is 0 Å². The highest BCUT2D eigenvalue weighted by Crippen LogP contribution is 2.40. The molecule has 2 aromatic carbocycles. The van der Waals surface area contributed by atoms with E-state index in [0.717, 1.165) is 29.4 Å². The molecule has 1 aliphatic carbocycles. The number of pyridine rings is 1. The van der Waals surface area contributed by atoms with Gasteiger partial charge in [0.25, 0.3) is 0 Å². The minimum atomic E-state index is -0.389. The van der Waals surface area contributed by atoms with Crippen LogP contribution in [0.3, 0.4) is 0 Å². The summed E-state index contributed by atoms with van der Waals surface area (Å²) in [5, 5.41) is 0.807. The quantitative estimate of drug-likeness (QED) is 0.530. The topological polar surface area (TPSA) is 48.4 Å². The van der Waals surface area contributed by atoms with E-state index < -0.39 is 0 Å². The summed E-state index contributed by atoms with van der Waals surface area (Å²) in [7, 11) is 1.56. The number of carbonyl (C=O) groups excluding carboxylic acids is 1. The van der Waals surface area contributed by atoms with E-state index in [1.165, 1.54) is 0 Å². The van der Waals surface area contributed by atoms with Crippen molar-refractivity contribution < 1.29 is 14.3 Å². The van der Waals surface area contributed by atoms with Gasteiger partial charge >= 0.3 is 5.97 Å². The van der Waals surface area contributed by atoms with Gasteiger partial charge in [0, 0.05) is 17.0 Å². The van der Waals surface area contributed by atoms with E-state index in [4.69, 9.17) is 9.47 Å². The molecule has 0 saturated heterocycles. The molecule has 1 heterocycles. The Morgan fingerprint density at radius 3 is 2.50 bits per heavy atom.